The van der Waals surface area contributed by atoms with Crippen LogP contribution < -0.4 is 14.4 Å². The minimum Gasteiger partial charge on any atom is -0.497 e. The third-order valence-electron chi connectivity index (χ3n) is 5.31. The predicted molar refractivity (Wildman–Crippen MR) is 110 cm³/mol. The maximum Gasteiger partial charge on any atom is 0.255 e. The molecule has 1 fully saturated rings. The quantitative estimate of drug-likeness (QED) is 0.729. The van der Waals surface area contributed by atoms with Gasteiger partial charge in [-0.2, -0.15) is 0 Å². The van der Waals surface area contributed by atoms with Gasteiger partial charge in [-0.3, -0.25) is 4.79 Å². The molecule has 6 heteroatoms. The normalized spacial score (nSPS) is 14.0. The molecule has 1 aliphatic rings. The number of anilines is 1. The van der Waals surface area contributed by atoms with E-state index in [4.69, 9.17) is 9.47 Å². The van der Waals surface area contributed by atoms with E-state index in [1.54, 1.807) is 20.4 Å². The van der Waals surface area contributed by atoms with Crippen molar-refractivity contribution in [3.05, 3.63) is 47.7 Å². The molecule has 1 aliphatic carbocycles. The highest BCUT2D eigenvalue weighted by Gasteiger charge is 2.28. The number of benzene rings is 1. The molecule has 0 radical (unpaired) electrons. The van der Waals surface area contributed by atoms with Crippen LogP contribution >= 0.6 is 0 Å². The van der Waals surface area contributed by atoms with Crippen molar-refractivity contribution in [2.24, 2.45) is 0 Å². The van der Waals surface area contributed by atoms with Crippen molar-refractivity contribution in [3.8, 4) is 11.5 Å². The van der Waals surface area contributed by atoms with Crippen LogP contribution in [0.25, 0.3) is 0 Å². The molecule has 28 heavy (non-hydrogen) atoms. The van der Waals surface area contributed by atoms with E-state index in [9.17, 15) is 4.79 Å². The molecule has 1 saturated carbocycles. The molecule has 150 valence electrons. The molecule has 0 atom stereocenters. The summed E-state index contributed by atoms with van der Waals surface area (Å²) in [5, 5.41) is 0. The fourth-order valence-corrected chi connectivity index (χ4v) is 3.71. The molecular weight excluding hydrogens is 354 g/mol. The summed E-state index contributed by atoms with van der Waals surface area (Å²) in [5.41, 5.74) is 1.55. The summed E-state index contributed by atoms with van der Waals surface area (Å²) in [5.74, 6) is 2.36. The van der Waals surface area contributed by atoms with Gasteiger partial charge in [0.25, 0.3) is 5.91 Å². The van der Waals surface area contributed by atoms with Gasteiger partial charge in [-0.25, -0.2) is 4.98 Å². The molecule has 0 N–H and O–H groups in total. The zero-order valence-corrected chi connectivity index (χ0v) is 17.1. The molecule has 6 nitrogen and oxygen atoms in total. The maximum atomic E-state index is 13.4. The summed E-state index contributed by atoms with van der Waals surface area (Å²) < 4.78 is 10.9. The van der Waals surface area contributed by atoms with Crippen molar-refractivity contribution in [2.75, 3.05) is 33.2 Å². The second-order valence-corrected chi connectivity index (χ2v) is 7.35. The van der Waals surface area contributed by atoms with Crippen molar-refractivity contribution in [1.29, 1.82) is 0 Å². The first kappa shape index (κ1) is 20.0. The number of aromatic nitrogens is 1. The van der Waals surface area contributed by atoms with Gasteiger partial charge in [-0.1, -0.05) is 12.8 Å². The minimum atomic E-state index is 0.00887. The van der Waals surface area contributed by atoms with Gasteiger partial charge in [0.2, 0.25) is 0 Å². The van der Waals surface area contributed by atoms with Crippen molar-refractivity contribution in [2.45, 2.75) is 38.3 Å². The summed E-state index contributed by atoms with van der Waals surface area (Å²) in [6.07, 6.45) is 6.04. The Hall–Kier alpha value is -2.76. The number of carbonyl (C=O) groups is 1. The lowest BCUT2D eigenvalue weighted by molar-refractivity contribution is 0.0662. The van der Waals surface area contributed by atoms with E-state index in [0.717, 1.165) is 48.6 Å². The third-order valence-corrected chi connectivity index (χ3v) is 5.31. The molecule has 2 aromatic rings. The van der Waals surface area contributed by atoms with Crippen LogP contribution in [0.2, 0.25) is 0 Å². The molecule has 3 rings (SSSR count). The second kappa shape index (κ2) is 8.95. The SMILES string of the molecule is COc1ccc(OC)c(CN(C(=O)c2ccc(N(C)C)nc2)C2CCCC2)c1. The van der Waals surface area contributed by atoms with E-state index in [2.05, 4.69) is 4.98 Å². The lowest BCUT2D eigenvalue weighted by Crippen LogP contribution is -2.38. The van der Waals surface area contributed by atoms with Gasteiger partial charge in [0.1, 0.15) is 17.3 Å². The minimum absolute atomic E-state index is 0.00887. The molecule has 0 bridgehead atoms. The van der Waals surface area contributed by atoms with Gasteiger partial charge in [-0.15, -0.1) is 0 Å². The summed E-state index contributed by atoms with van der Waals surface area (Å²) in [4.78, 5) is 21.7. The lowest BCUT2D eigenvalue weighted by Gasteiger charge is -2.30. The third kappa shape index (κ3) is 4.38. The largest absolute Gasteiger partial charge is 0.497 e. The fourth-order valence-electron chi connectivity index (χ4n) is 3.71. The van der Waals surface area contributed by atoms with Crippen LogP contribution in [0, 0.1) is 0 Å². The summed E-state index contributed by atoms with van der Waals surface area (Å²) in [6, 6.07) is 9.67. The van der Waals surface area contributed by atoms with Crippen LogP contribution in [0.4, 0.5) is 5.82 Å². The maximum absolute atomic E-state index is 13.4. The lowest BCUT2D eigenvalue weighted by atomic mass is 10.1. The number of methoxy groups -OCH3 is 2. The zero-order valence-electron chi connectivity index (χ0n) is 17.1. The van der Waals surface area contributed by atoms with Gasteiger partial charge in [0.15, 0.2) is 0 Å². The van der Waals surface area contributed by atoms with Crippen LogP contribution in [0.1, 0.15) is 41.6 Å². The topological polar surface area (TPSA) is 54.9 Å². The number of hydrogen-bond donors (Lipinski definition) is 0. The van der Waals surface area contributed by atoms with Gasteiger partial charge in [0.05, 0.1) is 26.3 Å². The van der Waals surface area contributed by atoms with Crippen molar-refractivity contribution in [1.82, 2.24) is 9.88 Å². The average Bonchev–Trinajstić information content (AvgIpc) is 3.25. The Morgan fingerprint density at radius 1 is 1.11 bits per heavy atom. The number of ether oxygens (including phenoxy) is 2. The van der Waals surface area contributed by atoms with Gasteiger partial charge in [0, 0.05) is 31.9 Å². The highest BCUT2D eigenvalue weighted by molar-refractivity contribution is 5.94. The predicted octanol–water partition coefficient (Wildman–Crippen LogP) is 3.75. The summed E-state index contributed by atoms with van der Waals surface area (Å²) in [6.45, 7) is 0.485. The second-order valence-electron chi connectivity index (χ2n) is 7.35. The van der Waals surface area contributed by atoms with Gasteiger partial charge < -0.3 is 19.3 Å². The Bertz CT molecular complexity index is 799. The van der Waals surface area contributed by atoms with Crippen molar-refractivity contribution >= 4 is 11.7 Å². The molecule has 0 unspecified atom stereocenters. The number of pyridine rings is 1. The Balaban J connectivity index is 1.90. The fraction of sp³-hybridized carbons (Fsp3) is 0.455. The number of hydrogen-bond acceptors (Lipinski definition) is 5. The molecular formula is C22H29N3O3. The highest BCUT2D eigenvalue weighted by atomic mass is 16.5. The monoisotopic (exact) mass is 383 g/mol. The number of rotatable bonds is 7. The average molecular weight is 383 g/mol. The zero-order chi connectivity index (χ0) is 20.1. The standard InChI is InChI=1S/C22H29N3O3/c1-24(2)21-12-9-16(14-23-21)22(26)25(18-7-5-6-8-18)15-17-13-19(27-3)10-11-20(17)28-4/h9-14,18H,5-8,15H2,1-4H3. The molecule has 0 spiro atoms. The Morgan fingerprint density at radius 3 is 2.43 bits per heavy atom. The first-order valence-corrected chi connectivity index (χ1v) is 9.68. The van der Waals surface area contributed by atoms with Gasteiger partial charge in [-0.05, 0) is 43.2 Å². The van der Waals surface area contributed by atoms with Crippen LogP contribution in [0.15, 0.2) is 36.5 Å². The molecule has 1 amide bonds. The van der Waals surface area contributed by atoms with Crippen LogP contribution in [0.3, 0.4) is 0 Å². The Morgan fingerprint density at radius 2 is 1.86 bits per heavy atom. The first-order valence-electron chi connectivity index (χ1n) is 9.68. The van der Waals surface area contributed by atoms with E-state index in [1.807, 2.05) is 54.2 Å². The van der Waals surface area contributed by atoms with Crippen LogP contribution in [-0.4, -0.2) is 50.1 Å². The number of carbonyl (C=O) groups excluding carboxylic acids is 1. The van der Waals surface area contributed by atoms with Crippen molar-refractivity contribution < 1.29 is 14.3 Å². The van der Waals surface area contributed by atoms with E-state index < -0.39 is 0 Å². The summed E-state index contributed by atoms with van der Waals surface area (Å²) in [7, 11) is 7.16. The van der Waals surface area contributed by atoms with E-state index in [0.29, 0.717) is 12.1 Å². The number of amides is 1. The van der Waals surface area contributed by atoms with Crippen LogP contribution in [-0.2, 0) is 6.54 Å². The Kier molecular flexibility index (Phi) is 6.39. The smallest absolute Gasteiger partial charge is 0.255 e. The van der Waals surface area contributed by atoms with E-state index in [1.165, 1.54) is 0 Å². The Labute approximate surface area is 167 Å². The van der Waals surface area contributed by atoms with E-state index in [-0.39, 0.29) is 11.9 Å². The molecule has 0 saturated heterocycles. The van der Waals surface area contributed by atoms with Crippen LogP contribution in [0.5, 0.6) is 11.5 Å². The van der Waals surface area contributed by atoms with E-state index >= 15 is 0 Å². The summed E-state index contributed by atoms with van der Waals surface area (Å²) >= 11 is 0. The first-order chi connectivity index (χ1) is 13.5. The van der Waals surface area contributed by atoms with Crippen molar-refractivity contribution in [3.63, 3.8) is 0 Å². The molecule has 1 heterocycles. The highest BCUT2D eigenvalue weighted by Crippen LogP contribution is 2.30. The molecule has 0 aliphatic heterocycles. The van der Waals surface area contributed by atoms with Gasteiger partial charge >= 0.3 is 0 Å². The molecule has 1 aromatic carbocycles. The number of nitrogens with zero attached hydrogens (tertiary/aromatic N) is 3. The molecule has 1 aromatic heterocycles.